The van der Waals surface area contributed by atoms with Gasteiger partial charge in [-0.25, -0.2) is 4.98 Å². The maximum Gasteiger partial charge on any atom is 0.294 e. The average molecular weight is 535 g/mol. The van der Waals surface area contributed by atoms with Gasteiger partial charge in [-0.15, -0.1) is 0 Å². The second kappa shape index (κ2) is 11.6. The number of aromatic amines is 1. The lowest BCUT2D eigenvalue weighted by Gasteiger charge is -2.21. The summed E-state index contributed by atoms with van der Waals surface area (Å²) in [4.78, 5) is 38.7. The van der Waals surface area contributed by atoms with E-state index in [0.717, 1.165) is 39.7 Å². The Morgan fingerprint density at radius 2 is 1.82 bits per heavy atom. The Balaban J connectivity index is 1.40. The summed E-state index contributed by atoms with van der Waals surface area (Å²) in [6.07, 6.45) is 5.92. The van der Waals surface area contributed by atoms with E-state index in [4.69, 9.17) is 0 Å². The largest absolute Gasteiger partial charge is 0.365 e. The molecular weight excluding hydrogens is 500 g/mol. The summed E-state index contributed by atoms with van der Waals surface area (Å²) in [5.74, 6) is -0.0453. The van der Waals surface area contributed by atoms with Crippen LogP contribution >= 0.6 is 0 Å². The molecule has 8 nitrogen and oxygen atoms in total. The van der Waals surface area contributed by atoms with Crippen molar-refractivity contribution >= 4 is 22.6 Å². The van der Waals surface area contributed by atoms with E-state index in [1.165, 1.54) is 4.57 Å². The maximum atomic E-state index is 13.7. The Morgan fingerprint density at radius 1 is 1.00 bits per heavy atom. The second-order valence-electron chi connectivity index (χ2n) is 10.9. The summed E-state index contributed by atoms with van der Waals surface area (Å²) < 4.78 is 1.50. The molecule has 3 aromatic heterocycles. The van der Waals surface area contributed by atoms with Crippen LogP contribution in [0.3, 0.4) is 0 Å². The van der Waals surface area contributed by atoms with Crippen LogP contribution in [0.5, 0.6) is 0 Å². The predicted molar refractivity (Wildman–Crippen MR) is 159 cm³/mol. The molecule has 0 fully saturated rings. The van der Waals surface area contributed by atoms with Crippen LogP contribution < -0.4 is 16.2 Å². The molecule has 0 atom stereocenters. The van der Waals surface area contributed by atoms with Crippen LogP contribution in [0.25, 0.3) is 22.2 Å². The molecule has 0 spiro atoms. The molecule has 3 N–H and O–H groups in total. The lowest BCUT2D eigenvalue weighted by Crippen LogP contribution is -2.34. The molecule has 204 valence electrons. The molecule has 8 heteroatoms. The van der Waals surface area contributed by atoms with Gasteiger partial charge in [0, 0.05) is 41.1 Å². The third-order valence-electron chi connectivity index (χ3n) is 6.88. The Kier molecular flexibility index (Phi) is 7.77. The third-order valence-corrected chi connectivity index (χ3v) is 6.88. The van der Waals surface area contributed by atoms with E-state index in [1.807, 2.05) is 54.6 Å². The van der Waals surface area contributed by atoms with Gasteiger partial charge in [-0.05, 0) is 41.2 Å². The van der Waals surface area contributed by atoms with Gasteiger partial charge in [-0.1, -0.05) is 69.3 Å². The van der Waals surface area contributed by atoms with Gasteiger partial charge in [-0.2, -0.15) is 0 Å². The number of amides is 1. The number of H-pyrrole nitrogens is 1. The van der Waals surface area contributed by atoms with Gasteiger partial charge >= 0.3 is 0 Å². The fraction of sp³-hybridized carbons (Fsp3) is 0.250. The quantitative estimate of drug-likeness (QED) is 0.245. The van der Waals surface area contributed by atoms with E-state index in [-0.39, 0.29) is 29.2 Å². The molecule has 2 aromatic carbocycles. The van der Waals surface area contributed by atoms with Gasteiger partial charge in [0.15, 0.2) is 5.82 Å². The summed E-state index contributed by atoms with van der Waals surface area (Å²) >= 11 is 0. The number of fused-ring (bicyclic) bond motifs is 1. The molecule has 40 heavy (non-hydrogen) atoms. The molecule has 5 aromatic rings. The van der Waals surface area contributed by atoms with Crippen molar-refractivity contribution in [3.8, 4) is 11.3 Å². The van der Waals surface area contributed by atoms with Gasteiger partial charge in [0.05, 0.1) is 18.4 Å². The van der Waals surface area contributed by atoms with Crippen LogP contribution in [0.4, 0.5) is 5.82 Å². The molecule has 0 radical (unpaired) electrons. The molecule has 1 amide bonds. The highest BCUT2D eigenvalue weighted by molar-refractivity contribution is 5.80. The molecule has 0 unspecified atom stereocenters. The van der Waals surface area contributed by atoms with E-state index < -0.39 is 0 Å². The van der Waals surface area contributed by atoms with Gasteiger partial charge in [0.25, 0.3) is 5.56 Å². The topological polar surface area (TPSA) is 105 Å². The zero-order valence-corrected chi connectivity index (χ0v) is 23.1. The van der Waals surface area contributed by atoms with Crippen molar-refractivity contribution in [2.75, 3.05) is 11.9 Å². The molecule has 0 aliphatic heterocycles. The number of hydrogen-bond acceptors (Lipinski definition) is 5. The number of rotatable bonds is 9. The minimum atomic E-state index is -0.335. The molecule has 0 bridgehead atoms. The first-order chi connectivity index (χ1) is 19.3. The van der Waals surface area contributed by atoms with Crippen molar-refractivity contribution in [3.05, 3.63) is 112 Å². The highest BCUT2D eigenvalue weighted by atomic mass is 16.2. The number of nitrogens with one attached hydrogen (secondary N) is 3. The Bertz CT molecular complexity index is 1650. The molecular formula is C32H34N6O2. The second-order valence-corrected chi connectivity index (χ2v) is 10.9. The predicted octanol–water partition coefficient (Wildman–Crippen LogP) is 5.06. The smallest absolute Gasteiger partial charge is 0.294 e. The number of hydrogen-bond donors (Lipinski definition) is 3. The first-order valence-electron chi connectivity index (χ1n) is 13.4. The minimum Gasteiger partial charge on any atom is -0.365 e. The van der Waals surface area contributed by atoms with Crippen LogP contribution in [0.2, 0.25) is 0 Å². The van der Waals surface area contributed by atoms with Crippen molar-refractivity contribution in [2.45, 2.75) is 45.7 Å². The zero-order valence-electron chi connectivity index (χ0n) is 23.1. The number of carbonyl (C=O) groups excluding carboxylic acids is 1. The van der Waals surface area contributed by atoms with Crippen molar-refractivity contribution in [1.82, 2.24) is 24.8 Å². The molecule has 3 heterocycles. The number of nitrogens with zero attached hydrogens (tertiary/aromatic N) is 3. The Hall–Kier alpha value is -4.72. The van der Waals surface area contributed by atoms with Crippen molar-refractivity contribution in [3.63, 3.8) is 0 Å². The third kappa shape index (κ3) is 6.29. The highest BCUT2D eigenvalue weighted by Crippen LogP contribution is 2.27. The van der Waals surface area contributed by atoms with Crippen molar-refractivity contribution in [1.29, 1.82) is 0 Å². The summed E-state index contributed by atoms with van der Waals surface area (Å²) in [5, 5.41) is 7.09. The Labute approximate surface area is 233 Å². The molecule has 0 saturated heterocycles. The number of pyridine rings is 1. The lowest BCUT2D eigenvalue weighted by atomic mass is 9.86. The summed E-state index contributed by atoms with van der Waals surface area (Å²) in [5.41, 5.74) is 5.14. The monoisotopic (exact) mass is 534 g/mol. The summed E-state index contributed by atoms with van der Waals surface area (Å²) in [7, 11) is 0. The van der Waals surface area contributed by atoms with E-state index in [1.54, 1.807) is 18.6 Å². The van der Waals surface area contributed by atoms with Gasteiger partial charge < -0.3 is 15.6 Å². The molecule has 5 rings (SSSR count). The van der Waals surface area contributed by atoms with E-state index in [0.29, 0.717) is 18.8 Å². The van der Waals surface area contributed by atoms with Crippen LogP contribution in [0.15, 0.2) is 90.1 Å². The molecule has 0 aliphatic rings. The number of aromatic nitrogens is 4. The first-order valence-corrected chi connectivity index (χ1v) is 13.4. The average Bonchev–Trinajstić information content (AvgIpc) is 3.37. The van der Waals surface area contributed by atoms with Crippen LogP contribution in [-0.2, 0) is 29.7 Å². The fourth-order valence-corrected chi connectivity index (χ4v) is 4.63. The first kappa shape index (κ1) is 26.9. The van der Waals surface area contributed by atoms with Crippen molar-refractivity contribution in [2.24, 2.45) is 0 Å². The molecule has 0 aliphatic carbocycles. The van der Waals surface area contributed by atoms with Crippen LogP contribution in [-0.4, -0.2) is 32.0 Å². The SMILES string of the molecule is CC(C)(C)c1cccc(-c2cnc(NCCc3ccccc3)c(=O)n2CC(=O)NCc2cc3cnccc3[nH]2)c1. The Morgan fingerprint density at radius 3 is 2.60 bits per heavy atom. The van der Waals surface area contributed by atoms with E-state index in [9.17, 15) is 9.59 Å². The van der Waals surface area contributed by atoms with Gasteiger partial charge in [-0.3, -0.25) is 19.1 Å². The fourth-order valence-electron chi connectivity index (χ4n) is 4.63. The summed E-state index contributed by atoms with van der Waals surface area (Å²) in [6.45, 7) is 7.16. The van der Waals surface area contributed by atoms with Gasteiger partial charge in [0.2, 0.25) is 5.91 Å². The lowest BCUT2D eigenvalue weighted by molar-refractivity contribution is -0.121. The highest BCUT2D eigenvalue weighted by Gasteiger charge is 2.18. The van der Waals surface area contributed by atoms with E-state index in [2.05, 4.69) is 58.5 Å². The number of anilines is 1. The molecule has 0 saturated carbocycles. The normalized spacial score (nSPS) is 11.5. The van der Waals surface area contributed by atoms with Gasteiger partial charge in [0.1, 0.15) is 6.54 Å². The van der Waals surface area contributed by atoms with Crippen LogP contribution in [0.1, 0.15) is 37.6 Å². The minimum absolute atomic E-state index is 0.0695. The number of benzene rings is 2. The van der Waals surface area contributed by atoms with Crippen LogP contribution in [0, 0.1) is 0 Å². The van der Waals surface area contributed by atoms with E-state index >= 15 is 0 Å². The number of carbonyl (C=O) groups is 1. The summed E-state index contributed by atoms with van der Waals surface area (Å²) in [6, 6.07) is 22.0. The maximum absolute atomic E-state index is 13.7. The standard InChI is InChI=1S/C32H34N6O2/c1-32(2,3)25-11-7-10-23(16-25)28-20-36-30(34-15-12-22-8-5-4-6-9-22)31(40)38(28)21-29(39)35-19-26-17-24-18-33-14-13-27(24)37-26/h4-11,13-14,16-18,20,37H,12,15,19,21H2,1-3H3,(H,34,36)(H,35,39). The van der Waals surface area contributed by atoms with Crippen molar-refractivity contribution < 1.29 is 4.79 Å². The zero-order chi connectivity index (χ0) is 28.1.